The molecule has 0 bridgehead atoms. The van der Waals surface area contributed by atoms with Gasteiger partial charge in [0, 0.05) is 30.2 Å². The molecule has 1 atom stereocenters. The summed E-state index contributed by atoms with van der Waals surface area (Å²) in [6.07, 6.45) is 3.48. The standard InChI is InChI=1S/C32H28N8O2/c1-19-16-20(2)40-30(34-19)27(21(3)37-40)31(41)35-22(4)29-36-26-13-9-10-24(15-14-23-17-33-38(5)18-23)28(26)32(42)39(29)25-11-7-6-8-12-25/h6-13,16-18,22H,1-5H3,(H,35,41)/t22-/m0/s1. The molecule has 0 unspecified atom stereocenters. The average Bonchev–Trinajstić information content (AvgIpc) is 3.53. The lowest BCUT2D eigenvalue weighted by Crippen LogP contribution is -2.33. The molecule has 4 aromatic heterocycles. The minimum Gasteiger partial charge on any atom is -0.342 e. The second-order valence-corrected chi connectivity index (χ2v) is 10.2. The van der Waals surface area contributed by atoms with E-state index in [1.54, 1.807) is 34.5 Å². The van der Waals surface area contributed by atoms with E-state index in [1.165, 1.54) is 4.57 Å². The third-order valence-corrected chi connectivity index (χ3v) is 7.02. The fraction of sp³-hybridized carbons (Fsp3) is 0.188. The van der Waals surface area contributed by atoms with Crippen LogP contribution in [-0.4, -0.2) is 39.8 Å². The van der Waals surface area contributed by atoms with Crippen LogP contribution in [0.15, 0.2) is 71.8 Å². The van der Waals surface area contributed by atoms with E-state index in [1.807, 2.05) is 76.5 Å². The van der Waals surface area contributed by atoms with Gasteiger partial charge in [0.15, 0.2) is 5.65 Å². The molecule has 0 aliphatic heterocycles. The fourth-order valence-corrected chi connectivity index (χ4v) is 5.12. The van der Waals surface area contributed by atoms with Crippen LogP contribution >= 0.6 is 0 Å². The van der Waals surface area contributed by atoms with Gasteiger partial charge in [0.1, 0.15) is 11.4 Å². The molecule has 2 aromatic carbocycles. The van der Waals surface area contributed by atoms with E-state index in [0.717, 1.165) is 17.0 Å². The highest BCUT2D eigenvalue weighted by molar-refractivity contribution is 6.01. The van der Waals surface area contributed by atoms with E-state index in [0.29, 0.717) is 44.9 Å². The number of para-hydroxylation sites is 1. The quantitative estimate of drug-likeness (QED) is 0.329. The van der Waals surface area contributed by atoms with E-state index in [-0.39, 0.29) is 11.5 Å². The summed E-state index contributed by atoms with van der Waals surface area (Å²) in [5.74, 6) is 6.25. The van der Waals surface area contributed by atoms with Crippen LogP contribution in [-0.2, 0) is 7.05 Å². The van der Waals surface area contributed by atoms with Crippen molar-refractivity contribution < 1.29 is 4.79 Å². The number of fused-ring (bicyclic) bond motifs is 2. The van der Waals surface area contributed by atoms with Crippen LogP contribution in [0, 0.1) is 32.6 Å². The summed E-state index contributed by atoms with van der Waals surface area (Å²) in [7, 11) is 1.82. The molecule has 0 saturated carbocycles. The molecule has 10 nitrogen and oxygen atoms in total. The second kappa shape index (κ2) is 10.4. The van der Waals surface area contributed by atoms with Gasteiger partial charge < -0.3 is 5.32 Å². The molecular weight excluding hydrogens is 528 g/mol. The molecule has 0 fully saturated rings. The molecule has 6 aromatic rings. The van der Waals surface area contributed by atoms with Crippen LogP contribution in [0.2, 0.25) is 0 Å². The van der Waals surface area contributed by atoms with Crippen LogP contribution in [0.1, 0.15) is 57.4 Å². The lowest BCUT2D eigenvalue weighted by atomic mass is 10.1. The SMILES string of the molecule is Cc1cc(C)n2nc(C)c(C(=O)N[C@@H](C)c3nc4cccc(C#Cc5cnn(C)c5)c4c(=O)n3-c3ccccc3)c2n1. The number of nitrogens with one attached hydrogen (secondary N) is 1. The first-order valence-electron chi connectivity index (χ1n) is 13.5. The van der Waals surface area contributed by atoms with Gasteiger partial charge in [-0.05, 0) is 58.0 Å². The number of nitrogens with zero attached hydrogens (tertiary/aromatic N) is 7. The molecule has 0 spiro atoms. The summed E-state index contributed by atoms with van der Waals surface area (Å²) in [4.78, 5) is 37.4. The molecule has 0 saturated heterocycles. The first kappa shape index (κ1) is 26.7. The summed E-state index contributed by atoms with van der Waals surface area (Å²) in [5.41, 5.74) is 5.23. The van der Waals surface area contributed by atoms with Gasteiger partial charge in [-0.2, -0.15) is 10.2 Å². The normalized spacial score (nSPS) is 11.8. The predicted molar refractivity (Wildman–Crippen MR) is 160 cm³/mol. The number of rotatable bonds is 4. The second-order valence-electron chi connectivity index (χ2n) is 10.2. The van der Waals surface area contributed by atoms with Crippen LogP contribution in [0.4, 0.5) is 0 Å². The van der Waals surface area contributed by atoms with Gasteiger partial charge >= 0.3 is 0 Å². The van der Waals surface area contributed by atoms with Crippen molar-refractivity contribution in [2.75, 3.05) is 0 Å². The monoisotopic (exact) mass is 556 g/mol. The topological polar surface area (TPSA) is 112 Å². The molecule has 1 amide bonds. The minimum atomic E-state index is -0.639. The van der Waals surface area contributed by atoms with Gasteiger partial charge in [-0.15, -0.1) is 0 Å². The molecular formula is C32H28N8O2. The number of aryl methyl sites for hydroxylation is 4. The van der Waals surface area contributed by atoms with Crippen LogP contribution < -0.4 is 10.9 Å². The number of carbonyl (C=O) groups excluding carboxylic acids is 1. The summed E-state index contributed by atoms with van der Waals surface area (Å²) in [5, 5.41) is 12.1. The number of amides is 1. The molecule has 4 heterocycles. The van der Waals surface area contributed by atoms with E-state index in [2.05, 4.69) is 32.3 Å². The highest BCUT2D eigenvalue weighted by Crippen LogP contribution is 2.22. The smallest absolute Gasteiger partial charge is 0.267 e. The largest absolute Gasteiger partial charge is 0.342 e. The number of hydrogen-bond acceptors (Lipinski definition) is 6. The van der Waals surface area contributed by atoms with E-state index >= 15 is 0 Å². The van der Waals surface area contributed by atoms with Crippen molar-refractivity contribution in [3.05, 3.63) is 117 Å². The van der Waals surface area contributed by atoms with Crippen LogP contribution in [0.5, 0.6) is 0 Å². The molecule has 1 N–H and O–H groups in total. The van der Waals surface area contributed by atoms with Crippen molar-refractivity contribution in [1.82, 2.24) is 39.2 Å². The highest BCUT2D eigenvalue weighted by Gasteiger charge is 2.25. The van der Waals surface area contributed by atoms with Crippen LogP contribution in [0.25, 0.3) is 22.2 Å². The zero-order valence-electron chi connectivity index (χ0n) is 23.9. The zero-order valence-corrected chi connectivity index (χ0v) is 23.9. The minimum absolute atomic E-state index is 0.279. The lowest BCUT2D eigenvalue weighted by Gasteiger charge is -2.20. The molecule has 10 heteroatoms. The third kappa shape index (κ3) is 4.71. The van der Waals surface area contributed by atoms with Crippen LogP contribution in [0.3, 0.4) is 0 Å². The zero-order chi connectivity index (χ0) is 29.5. The van der Waals surface area contributed by atoms with Crippen molar-refractivity contribution in [3.63, 3.8) is 0 Å². The highest BCUT2D eigenvalue weighted by atomic mass is 16.2. The Balaban J connectivity index is 1.47. The van der Waals surface area contributed by atoms with Crippen molar-refractivity contribution in [1.29, 1.82) is 0 Å². The Morgan fingerprint density at radius 2 is 1.79 bits per heavy atom. The number of aromatic nitrogens is 7. The van der Waals surface area contributed by atoms with Crippen molar-refractivity contribution in [3.8, 4) is 17.5 Å². The van der Waals surface area contributed by atoms with Gasteiger partial charge in [0.2, 0.25) is 0 Å². The molecule has 208 valence electrons. The lowest BCUT2D eigenvalue weighted by molar-refractivity contribution is 0.0938. The molecule has 0 aliphatic rings. The first-order chi connectivity index (χ1) is 20.2. The van der Waals surface area contributed by atoms with E-state index < -0.39 is 6.04 Å². The van der Waals surface area contributed by atoms with E-state index in [4.69, 9.17) is 4.98 Å². The fourth-order valence-electron chi connectivity index (χ4n) is 5.12. The third-order valence-electron chi connectivity index (χ3n) is 7.02. The van der Waals surface area contributed by atoms with Gasteiger partial charge in [-0.25, -0.2) is 14.5 Å². The maximum Gasteiger partial charge on any atom is 0.267 e. The van der Waals surface area contributed by atoms with Gasteiger partial charge in [0.05, 0.1) is 40.1 Å². The Hall–Kier alpha value is -5.56. The Morgan fingerprint density at radius 1 is 1.00 bits per heavy atom. The molecule has 42 heavy (non-hydrogen) atoms. The van der Waals surface area contributed by atoms with Crippen molar-refractivity contribution in [2.45, 2.75) is 33.7 Å². The van der Waals surface area contributed by atoms with Crippen molar-refractivity contribution >= 4 is 22.5 Å². The first-order valence-corrected chi connectivity index (χ1v) is 13.5. The number of carbonyl (C=O) groups is 1. The Bertz CT molecular complexity index is 2130. The summed E-state index contributed by atoms with van der Waals surface area (Å²) in [6.45, 7) is 7.39. The maximum absolute atomic E-state index is 14.2. The Morgan fingerprint density at radius 3 is 2.52 bits per heavy atom. The number of benzene rings is 2. The Labute approximate surface area is 241 Å². The van der Waals surface area contributed by atoms with E-state index in [9.17, 15) is 9.59 Å². The molecule has 6 rings (SSSR count). The predicted octanol–water partition coefficient (Wildman–Crippen LogP) is 3.98. The van der Waals surface area contributed by atoms with Gasteiger partial charge in [0.25, 0.3) is 11.5 Å². The van der Waals surface area contributed by atoms with Gasteiger partial charge in [-0.3, -0.25) is 18.8 Å². The summed E-state index contributed by atoms with van der Waals surface area (Å²) >= 11 is 0. The Kier molecular flexibility index (Phi) is 6.63. The number of hydrogen-bond donors (Lipinski definition) is 1. The van der Waals surface area contributed by atoms with Crippen molar-refractivity contribution in [2.24, 2.45) is 7.05 Å². The van der Waals surface area contributed by atoms with Gasteiger partial charge in [-0.1, -0.05) is 36.1 Å². The maximum atomic E-state index is 14.2. The summed E-state index contributed by atoms with van der Waals surface area (Å²) in [6, 6.07) is 15.9. The molecule has 0 radical (unpaired) electrons. The molecule has 0 aliphatic carbocycles. The average molecular weight is 557 g/mol. The summed E-state index contributed by atoms with van der Waals surface area (Å²) < 4.78 is 4.88.